The minimum Gasteiger partial charge on any atom is -0.508 e. The summed E-state index contributed by atoms with van der Waals surface area (Å²) in [5.74, 6) is -1.92. The minimum absolute atomic E-state index is 0.00299. The van der Waals surface area contributed by atoms with Gasteiger partial charge in [0.1, 0.15) is 26.9 Å². The molecule has 0 fully saturated rings. The molecule has 0 aliphatic rings. The third-order valence-corrected chi connectivity index (χ3v) is 7.19. The largest absolute Gasteiger partial charge is 0.508 e. The van der Waals surface area contributed by atoms with Crippen molar-refractivity contribution in [1.29, 1.82) is 0 Å². The zero-order valence-corrected chi connectivity index (χ0v) is 22.0. The van der Waals surface area contributed by atoms with Gasteiger partial charge in [0.15, 0.2) is 0 Å². The average molecular weight is 599 g/mol. The molecule has 14 nitrogen and oxygen atoms in total. The number of rotatable bonds is 8. The van der Waals surface area contributed by atoms with Crippen LogP contribution in [0.5, 0.6) is 11.5 Å². The zero-order valence-electron chi connectivity index (χ0n) is 20.4. The predicted octanol–water partition coefficient (Wildman–Crippen LogP) is 5.79. The van der Waals surface area contributed by atoms with E-state index in [0.29, 0.717) is 5.69 Å². The Morgan fingerprint density at radius 2 is 0.951 bits per heavy atom. The highest BCUT2D eigenvalue weighted by Crippen LogP contribution is 2.37. The highest BCUT2D eigenvalue weighted by molar-refractivity contribution is 7.86. The Bertz CT molecular complexity index is 1940. The van der Waals surface area contributed by atoms with Crippen molar-refractivity contribution in [3.05, 3.63) is 84.4 Å². The second-order valence-corrected chi connectivity index (χ2v) is 11.0. The van der Waals surface area contributed by atoms with E-state index in [1.165, 1.54) is 42.5 Å². The van der Waals surface area contributed by atoms with Crippen molar-refractivity contribution in [2.45, 2.75) is 9.79 Å². The Labute approximate surface area is 232 Å². The Morgan fingerprint density at radius 3 is 1.39 bits per heavy atom. The van der Waals surface area contributed by atoms with Gasteiger partial charge in [0.25, 0.3) is 20.2 Å². The number of aromatic carboxylic acids is 1. The van der Waals surface area contributed by atoms with Crippen LogP contribution in [0.25, 0.3) is 11.1 Å². The zero-order chi connectivity index (χ0) is 29.9. The second-order valence-electron chi connectivity index (χ2n) is 8.23. The smallest absolute Gasteiger partial charge is 0.339 e. The molecule has 4 aromatic carbocycles. The minimum atomic E-state index is -4.98. The molecule has 0 saturated carbocycles. The molecular formula is C25H18N4O10S2. The van der Waals surface area contributed by atoms with Crippen LogP contribution in [0, 0.1) is 0 Å². The molecule has 0 unspecified atom stereocenters. The summed E-state index contributed by atoms with van der Waals surface area (Å²) in [6.45, 7) is 0. The van der Waals surface area contributed by atoms with Gasteiger partial charge in [-0.25, -0.2) is 4.79 Å². The van der Waals surface area contributed by atoms with Gasteiger partial charge in [-0.2, -0.15) is 37.3 Å². The fraction of sp³-hybridized carbons (Fsp3) is 0. The molecule has 0 atom stereocenters. The maximum Gasteiger partial charge on any atom is 0.339 e. The predicted molar refractivity (Wildman–Crippen MR) is 143 cm³/mol. The molecule has 0 aliphatic carbocycles. The normalized spacial score (nSPS) is 12.2. The van der Waals surface area contributed by atoms with Gasteiger partial charge in [0.05, 0.1) is 22.7 Å². The summed E-state index contributed by atoms with van der Waals surface area (Å²) >= 11 is 0. The molecule has 210 valence electrons. The van der Waals surface area contributed by atoms with E-state index in [1.807, 2.05) is 0 Å². The van der Waals surface area contributed by atoms with Crippen LogP contribution in [-0.2, 0) is 20.2 Å². The molecule has 4 rings (SSSR count). The Morgan fingerprint density at radius 1 is 0.561 bits per heavy atom. The van der Waals surface area contributed by atoms with Crippen LogP contribution in [0.2, 0.25) is 0 Å². The van der Waals surface area contributed by atoms with Crippen molar-refractivity contribution in [2.24, 2.45) is 20.5 Å². The highest BCUT2D eigenvalue weighted by atomic mass is 32.2. The first-order valence-electron chi connectivity index (χ1n) is 11.1. The molecular weight excluding hydrogens is 580 g/mol. The SMILES string of the molecule is O=C(O)c1cc(/N=N/c2ccc(-c3ccc(/N=N/c4ccc(O)cc4)cc3S(=O)(=O)O)c(S(=O)(=O)O)c2)ccc1O. The van der Waals surface area contributed by atoms with Crippen LogP contribution in [0.3, 0.4) is 0 Å². The van der Waals surface area contributed by atoms with E-state index in [4.69, 9.17) is 5.11 Å². The van der Waals surface area contributed by atoms with Gasteiger partial charge < -0.3 is 15.3 Å². The van der Waals surface area contributed by atoms with E-state index in [9.17, 15) is 40.9 Å². The van der Waals surface area contributed by atoms with Crippen molar-refractivity contribution >= 4 is 49.0 Å². The number of hydrogen-bond acceptors (Lipinski definition) is 11. The first kappa shape index (κ1) is 29.0. The summed E-state index contributed by atoms with van der Waals surface area (Å²) in [6.07, 6.45) is 0. The van der Waals surface area contributed by atoms with E-state index in [0.717, 1.165) is 36.4 Å². The number of benzene rings is 4. The summed E-state index contributed by atoms with van der Waals surface area (Å²) in [7, 11) is -9.93. The molecule has 0 spiro atoms. The molecule has 0 bridgehead atoms. The van der Waals surface area contributed by atoms with E-state index in [2.05, 4.69) is 20.5 Å². The Kier molecular flexibility index (Phi) is 7.93. The third-order valence-electron chi connectivity index (χ3n) is 5.40. The fourth-order valence-corrected chi connectivity index (χ4v) is 4.98. The van der Waals surface area contributed by atoms with Crippen molar-refractivity contribution < 1.29 is 46.1 Å². The monoisotopic (exact) mass is 598 g/mol. The second kappa shape index (κ2) is 11.2. The van der Waals surface area contributed by atoms with E-state index >= 15 is 0 Å². The molecule has 4 aromatic rings. The quantitative estimate of drug-likeness (QED) is 0.121. The van der Waals surface area contributed by atoms with E-state index in [1.54, 1.807) is 0 Å². The van der Waals surface area contributed by atoms with Gasteiger partial charge in [-0.15, -0.1) is 0 Å². The number of nitrogens with zero attached hydrogens (tertiary/aromatic N) is 4. The van der Waals surface area contributed by atoms with Gasteiger partial charge >= 0.3 is 5.97 Å². The lowest BCUT2D eigenvalue weighted by Crippen LogP contribution is -2.05. The lowest BCUT2D eigenvalue weighted by molar-refractivity contribution is 0.0693. The van der Waals surface area contributed by atoms with Gasteiger partial charge in [-0.05, 0) is 66.7 Å². The molecule has 0 heterocycles. The van der Waals surface area contributed by atoms with Crippen molar-refractivity contribution in [3.63, 3.8) is 0 Å². The maximum absolute atomic E-state index is 12.2. The lowest BCUT2D eigenvalue weighted by Gasteiger charge is -2.12. The number of phenolic OH excluding ortho intramolecular Hbond substituents is 1. The number of carboxylic acid groups (broad SMARTS) is 1. The molecule has 16 heteroatoms. The Hall–Kier alpha value is -5.03. The van der Waals surface area contributed by atoms with Crippen molar-refractivity contribution in [3.8, 4) is 22.6 Å². The van der Waals surface area contributed by atoms with Crippen molar-refractivity contribution in [2.75, 3.05) is 0 Å². The van der Waals surface area contributed by atoms with E-state index < -0.39 is 47.3 Å². The van der Waals surface area contributed by atoms with E-state index in [-0.39, 0.29) is 33.9 Å². The number of aromatic hydroxyl groups is 2. The lowest BCUT2D eigenvalue weighted by atomic mass is 10.0. The Balaban J connectivity index is 1.77. The molecule has 0 radical (unpaired) electrons. The van der Waals surface area contributed by atoms with Crippen LogP contribution in [0.4, 0.5) is 22.7 Å². The molecule has 41 heavy (non-hydrogen) atoms. The summed E-state index contributed by atoms with van der Waals surface area (Å²) in [4.78, 5) is 9.70. The number of hydrogen-bond donors (Lipinski definition) is 5. The van der Waals surface area contributed by atoms with Crippen LogP contribution >= 0.6 is 0 Å². The first-order chi connectivity index (χ1) is 19.2. The van der Waals surface area contributed by atoms with Gasteiger partial charge in [-0.3, -0.25) is 9.11 Å². The maximum atomic E-state index is 12.2. The topological polar surface area (TPSA) is 236 Å². The summed E-state index contributed by atoms with van der Waals surface area (Å²) in [5, 5.41) is 43.5. The highest BCUT2D eigenvalue weighted by Gasteiger charge is 2.24. The molecule has 0 amide bonds. The van der Waals surface area contributed by atoms with Gasteiger partial charge in [0.2, 0.25) is 0 Å². The summed E-state index contributed by atoms with van der Waals surface area (Å²) < 4.78 is 68.7. The van der Waals surface area contributed by atoms with Crippen LogP contribution < -0.4 is 0 Å². The summed E-state index contributed by atoms with van der Waals surface area (Å²) in [5.41, 5.74) is -0.870. The number of azo groups is 2. The molecule has 0 saturated heterocycles. The van der Waals surface area contributed by atoms with Crippen LogP contribution in [0.1, 0.15) is 10.4 Å². The summed E-state index contributed by atoms with van der Waals surface area (Å²) in [6, 6.07) is 15.6. The third kappa shape index (κ3) is 6.95. The van der Waals surface area contributed by atoms with Crippen LogP contribution in [-0.4, -0.2) is 47.2 Å². The van der Waals surface area contributed by atoms with Gasteiger partial charge in [0, 0.05) is 11.1 Å². The van der Waals surface area contributed by atoms with Gasteiger partial charge in [-0.1, -0.05) is 12.1 Å². The first-order valence-corrected chi connectivity index (χ1v) is 14.0. The standard InChI is InChI=1S/C25H18N4O10S2/c30-18-6-1-14(2-7-18)26-28-16-3-8-19(23(12-16)40(34,35)36)20-9-4-17(13-24(20)41(37,38)39)29-27-15-5-10-22(31)21(11-15)25(32)33/h1-13,30-31H,(H,32,33)(H,34,35,36)(H,37,38,39)/b28-26+,29-27+. The molecule has 0 aliphatic heterocycles. The fourth-order valence-electron chi connectivity index (χ4n) is 3.53. The number of phenols is 2. The number of carbonyl (C=O) groups is 1. The van der Waals surface area contributed by atoms with Crippen LogP contribution in [0.15, 0.2) is 109 Å². The van der Waals surface area contributed by atoms with Crippen molar-refractivity contribution in [1.82, 2.24) is 0 Å². The average Bonchev–Trinajstić information content (AvgIpc) is 2.91. The number of carboxylic acids is 1. The molecule has 0 aromatic heterocycles. The molecule has 5 N–H and O–H groups in total.